The van der Waals surface area contributed by atoms with Crippen molar-refractivity contribution in [2.24, 2.45) is 5.73 Å². The van der Waals surface area contributed by atoms with Crippen LogP contribution in [-0.2, 0) is 4.74 Å². The molecule has 1 amide bonds. The first-order valence-corrected chi connectivity index (χ1v) is 12.3. The van der Waals surface area contributed by atoms with E-state index >= 15 is 0 Å². The first kappa shape index (κ1) is 26.9. The Morgan fingerprint density at radius 1 is 1.06 bits per heavy atom. The fourth-order valence-electron chi connectivity index (χ4n) is 4.04. The second kappa shape index (κ2) is 14.7. The molecule has 2 aromatic carbocycles. The standard InChI is InChI=1S/C31H36N2O3/c1-3-4-5-6-7-8-9-11-14-25(2)29-27(26-15-12-10-13-16-26)17-18-28(31(32)34)30(29)36-24-21-33-19-22-35-23-20-33/h3-5,7-18H,1,6,19-24H2,2H3,(H2,32,34). The molecule has 188 valence electrons. The van der Waals surface area contributed by atoms with Gasteiger partial charge in [-0.15, -0.1) is 0 Å². The van der Waals surface area contributed by atoms with Crippen molar-refractivity contribution in [2.75, 3.05) is 39.5 Å². The molecule has 1 fully saturated rings. The van der Waals surface area contributed by atoms with Crippen molar-refractivity contribution in [1.82, 2.24) is 4.90 Å². The van der Waals surface area contributed by atoms with Gasteiger partial charge in [-0.3, -0.25) is 9.69 Å². The van der Waals surface area contributed by atoms with Crippen LogP contribution in [0.1, 0.15) is 29.3 Å². The zero-order chi connectivity index (χ0) is 25.6. The number of allylic oxidation sites excluding steroid dienone is 9. The van der Waals surface area contributed by atoms with Crippen molar-refractivity contribution < 1.29 is 14.3 Å². The molecule has 2 aromatic rings. The highest BCUT2D eigenvalue weighted by atomic mass is 16.5. The fraction of sp³-hybridized carbons (Fsp3) is 0.258. The second-order valence-corrected chi connectivity index (χ2v) is 8.46. The van der Waals surface area contributed by atoms with E-state index in [-0.39, 0.29) is 0 Å². The molecule has 1 saturated heterocycles. The van der Waals surface area contributed by atoms with E-state index in [0.29, 0.717) is 17.9 Å². The number of benzene rings is 2. The van der Waals surface area contributed by atoms with Gasteiger partial charge in [0, 0.05) is 25.2 Å². The topological polar surface area (TPSA) is 64.8 Å². The molecule has 1 aliphatic heterocycles. The molecular weight excluding hydrogens is 448 g/mol. The Morgan fingerprint density at radius 3 is 2.53 bits per heavy atom. The number of hydrogen-bond acceptors (Lipinski definition) is 4. The van der Waals surface area contributed by atoms with Gasteiger partial charge < -0.3 is 15.2 Å². The lowest BCUT2D eigenvalue weighted by Gasteiger charge is -2.27. The number of carbonyl (C=O) groups excluding carboxylic acids is 1. The number of morpholine rings is 1. The monoisotopic (exact) mass is 484 g/mol. The summed E-state index contributed by atoms with van der Waals surface area (Å²) in [6, 6.07) is 13.8. The van der Waals surface area contributed by atoms with Gasteiger partial charge in [0.25, 0.3) is 5.91 Å². The van der Waals surface area contributed by atoms with Crippen molar-refractivity contribution in [3.63, 3.8) is 0 Å². The molecule has 0 bridgehead atoms. The van der Waals surface area contributed by atoms with E-state index in [1.165, 1.54) is 0 Å². The molecule has 3 rings (SSSR count). The lowest BCUT2D eigenvalue weighted by atomic mass is 9.91. The third-order valence-electron chi connectivity index (χ3n) is 5.91. The Labute approximate surface area is 214 Å². The molecular formula is C31H36N2O3. The number of nitrogens with zero attached hydrogens (tertiary/aromatic N) is 1. The summed E-state index contributed by atoms with van der Waals surface area (Å²) in [5.41, 5.74) is 10.1. The highest BCUT2D eigenvalue weighted by molar-refractivity contribution is 6.00. The molecule has 5 nitrogen and oxygen atoms in total. The fourth-order valence-corrected chi connectivity index (χ4v) is 4.04. The summed E-state index contributed by atoms with van der Waals surface area (Å²) in [6.07, 6.45) is 16.7. The summed E-state index contributed by atoms with van der Waals surface area (Å²) in [5.74, 6) is 0.0282. The maximum Gasteiger partial charge on any atom is 0.252 e. The van der Waals surface area contributed by atoms with Gasteiger partial charge in [0.15, 0.2) is 0 Å². The van der Waals surface area contributed by atoms with Crippen LogP contribution in [0.5, 0.6) is 5.75 Å². The van der Waals surface area contributed by atoms with Gasteiger partial charge in [0.05, 0.1) is 18.8 Å². The SMILES string of the molecule is C=CC=CCC=CC=CC=C(C)c1c(-c2ccccc2)ccc(C(N)=O)c1OCCN1CCOCC1. The summed E-state index contributed by atoms with van der Waals surface area (Å²) in [6.45, 7) is 10.1. The number of nitrogens with two attached hydrogens (primary N) is 1. The van der Waals surface area contributed by atoms with Gasteiger partial charge >= 0.3 is 0 Å². The first-order chi connectivity index (χ1) is 17.6. The Balaban J connectivity index is 1.94. The van der Waals surface area contributed by atoms with Crippen LogP contribution in [-0.4, -0.2) is 50.3 Å². The third-order valence-corrected chi connectivity index (χ3v) is 5.91. The molecule has 0 radical (unpaired) electrons. The van der Waals surface area contributed by atoms with Crippen LogP contribution in [0.3, 0.4) is 0 Å². The van der Waals surface area contributed by atoms with E-state index < -0.39 is 5.91 Å². The van der Waals surface area contributed by atoms with Crippen LogP contribution in [0.25, 0.3) is 16.7 Å². The Morgan fingerprint density at radius 2 is 1.81 bits per heavy atom. The highest BCUT2D eigenvalue weighted by Gasteiger charge is 2.21. The normalized spacial score (nSPS) is 15.2. The molecule has 0 saturated carbocycles. The largest absolute Gasteiger partial charge is 0.491 e. The minimum absolute atomic E-state index is 0.386. The van der Waals surface area contributed by atoms with E-state index in [4.69, 9.17) is 15.2 Å². The summed E-state index contributed by atoms with van der Waals surface area (Å²) < 4.78 is 11.8. The molecule has 0 atom stereocenters. The molecule has 5 heteroatoms. The second-order valence-electron chi connectivity index (χ2n) is 8.46. The Kier molecular flexibility index (Phi) is 11.0. The van der Waals surface area contributed by atoms with E-state index in [2.05, 4.69) is 29.7 Å². The van der Waals surface area contributed by atoms with Crippen molar-refractivity contribution >= 4 is 11.5 Å². The number of hydrogen-bond donors (Lipinski definition) is 1. The Bertz CT molecular complexity index is 1120. The van der Waals surface area contributed by atoms with Crippen LogP contribution in [0.4, 0.5) is 0 Å². The Hall–Kier alpha value is -3.67. The number of carbonyl (C=O) groups is 1. The smallest absolute Gasteiger partial charge is 0.252 e. The minimum atomic E-state index is -0.504. The lowest BCUT2D eigenvalue weighted by molar-refractivity contribution is 0.0322. The molecule has 1 aliphatic rings. The molecule has 0 aliphatic carbocycles. The van der Waals surface area contributed by atoms with Gasteiger partial charge in [-0.05, 0) is 36.1 Å². The predicted octanol–water partition coefficient (Wildman–Crippen LogP) is 5.81. The van der Waals surface area contributed by atoms with Gasteiger partial charge in [-0.1, -0.05) is 91.6 Å². The first-order valence-electron chi connectivity index (χ1n) is 12.3. The number of primary amides is 1. The van der Waals surface area contributed by atoms with Crippen LogP contribution < -0.4 is 10.5 Å². The molecule has 0 spiro atoms. The molecule has 0 aromatic heterocycles. The van der Waals surface area contributed by atoms with Gasteiger partial charge in [0.1, 0.15) is 12.4 Å². The van der Waals surface area contributed by atoms with Crippen LogP contribution >= 0.6 is 0 Å². The van der Waals surface area contributed by atoms with E-state index in [9.17, 15) is 4.79 Å². The number of amides is 1. The third kappa shape index (κ3) is 7.94. The highest BCUT2D eigenvalue weighted by Crippen LogP contribution is 2.38. The molecule has 2 N–H and O–H groups in total. The summed E-state index contributed by atoms with van der Waals surface area (Å²) in [4.78, 5) is 14.7. The van der Waals surface area contributed by atoms with Crippen molar-refractivity contribution in [2.45, 2.75) is 13.3 Å². The zero-order valence-electron chi connectivity index (χ0n) is 21.1. The maximum atomic E-state index is 12.4. The predicted molar refractivity (Wildman–Crippen MR) is 149 cm³/mol. The average Bonchev–Trinajstić information content (AvgIpc) is 2.90. The molecule has 0 unspecified atom stereocenters. The summed E-state index contributed by atoms with van der Waals surface area (Å²) in [5, 5.41) is 0. The van der Waals surface area contributed by atoms with Crippen molar-refractivity contribution in [1.29, 1.82) is 0 Å². The van der Waals surface area contributed by atoms with Gasteiger partial charge in [-0.25, -0.2) is 0 Å². The van der Waals surface area contributed by atoms with Gasteiger partial charge in [0.2, 0.25) is 0 Å². The van der Waals surface area contributed by atoms with E-state index in [1.807, 2.05) is 67.6 Å². The van der Waals surface area contributed by atoms with Crippen LogP contribution in [0.2, 0.25) is 0 Å². The van der Waals surface area contributed by atoms with Crippen LogP contribution in [0.15, 0.2) is 97.7 Å². The van der Waals surface area contributed by atoms with Crippen molar-refractivity contribution in [3.05, 3.63) is 109 Å². The van der Waals surface area contributed by atoms with E-state index in [0.717, 1.165) is 61.5 Å². The van der Waals surface area contributed by atoms with Crippen LogP contribution in [0, 0.1) is 0 Å². The summed E-state index contributed by atoms with van der Waals surface area (Å²) in [7, 11) is 0. The number of ether oxygens (including phenoxy) is 2. The number of rotatable bonds is 12. The molecule has 1 heterocycles. The zero-order valence-corrected chi connectivity index (χ0v) is 21.1. The van der Waals surface area contributed by atoms with Gasteiger partial charge in [-0.2, -0.15) is 0 Å². The van der Waals surface area contributed by atoms with E-state index in [1.54, 1.807) is 12.1 Å². The minimum Gasteiger partial charge on any atom is -0.491 e. The maximum absolute atomic E-state index is 12.4. The van der Waals surface area contributed by atoms with Crippen molar-refractivity contribution in [3.8, 4) is 16.9 Å². The quantitative estimate of drug-likeness (QED) is 0.386. The summed E-state index contributed by atoms with van der Waals surface area (Å²) >= 11 is 0. The molecule has 36 heavy (non-hydrogen) atoms. The lowest BCUT2D eigenvalue weighted by Crippen LogP contribution is -2.38. The average molecular weight is 485 g/mol.